The smallest absolute Gasteiger partial charge is 0.417 e. The minimum Gasteiger partial charge on any atom is -0.456 e. The number of alkyl halides is 1. The van der Waals surface area contributed by atoms with Crippen LogP contribution < -0.4 is 0 Å². The van der Waals surface area contributed by atoms with Gasteiger partial charge < -0.3 is 4.74 Å². The van der Waals surface area contributed by atoms with E-state index in [0.717, 1.165) is 6.42 Å². The minimum atomic E-state index is 0.457. The number of carbonyl (C=O) groups excluding carboxylic acids is 1. The van der Waals surface area contributed by atoms with Gasteiger partial charge in [0, 0.05) is 3.92 Å². The Hall–Kier alpha value is 0.200. The summed E-state index contributed by atoms with van der Waals surface area (Å²) in [6.45, 7) is 4.07. The van der Waals surface area contributed by atoms with E-state index in [1.807, 2.05) is 0 Å². The second kappa shape index (κ2) is 7.31. The predicted molar refractivity (Wildman–Crippen MR) is 49.0 cm³/mol. The number of hydrogen-bond donors (Lipinski definition) is 0. The van der Waals surface area contributed by atoms with E-state index in [1.54, 1.807) is 0 Å². The summed E-state index contributed by atoms with van der Waals surface area (Å²) in [4.78, 5) is 9.63. The van der Waals surface area contributed by atoms with Gasteiger partial charge in [-0.05, 0) is 6.42 Å². The van der Waals surface area contributed by atoms with Crippen molar-refractivity contribution in [3.05, 3.63) is 0 Å². The van der Waals surface area contributed by atoms with Crippen molar-refractivity contribution in [1.82, 2.24) is 0 Å². The first-order valence-corrected chi connectivity index (χ1v) is 4.68. The molecule has 0 spiro atoms. The first-order valence-electron chi connectivity index (χ1n) is 3.44. The van der Waals surface area contributed by atoms with E-state index >= 15 is 0 Å². The Morgan fingerprint density at radius 1 is 1.70 bits per heavy atom. The first kappa shape index (κ1) is 10.2. The van der Waals surface area contributed by atoms with Crippen molar-refractivity contribution in [2.75, 3.05) is 6.61 Å². The molecule has 10 heavy (non-hydrogen) atoms. The van der Waals surface area contributed by atoms with E-state index in [-0.39, 0.29) is 0 Å². The molecule has 2 nitrogen and oxygen atoms in total. The lowest BCUT2D eigenvalue weighted by Gasteiger charge is -2.05. The van der Waals surface area contributed by atoms with Crippen molar-refractivity contribution in [2.45, 2.75) is 30.1 Å². The molecule has 0 aliphatic carbocycles. The lowest BCUT2D eigenvalue weighted by Crippen LogP contribution is -2.06. The lowest BCUT2D eigenvalue weighted by atomic mass is 10.2. The molecular formula is C7H12IO2. The van der Waals surface area contributed by atoms with Crippen molar-refractivity contribution < 1.29 is 9.53 Å². The maximum atomic E-state index is 9.63. The summed E-state index contributed by atoms with van der Waals surface area (Å²) in [5.41, 5.74) is 0. The molecule has 0 fully saturated rings. The van der Waals surface area contributed by atoms with Gasteiger partial charge in [0.05, 0.1) is 0 Å². The standard InChI is InChI=1S/C7H12IO2/c1-2-3-4-7(8)5-10-6-9/h7H,2-5H2,1H3. The fraction of sp³-hybridized carbons (Fsp3) is 0.857. The van der Waals surface area contributed by atoms with Crippen LogP contribution in [0, 0.1) is 0 Å². The van der Waals surface area contributed by atoms with Crippen LogP contribution in [-0.2, 0) is 9.53 Å². The average molecular weight is 255 g/mol. The largest absolute Gasteiger partial charge is 0.456 e. The van der Waals surface area contributed by atoms with Crippen LogP contribution in [0.2, 0.25) is 0 Å². The summed E-state index contributed by atoms with van der Waals surface area (Å²) in [5, 5.41) is 0. The van der Waals surface area contributed by atoms with Gasteiger partial charge in [-0.15, -0.1) is 0 Å². The highest BCUT2D eigenvalue weighted by Gasteiger charge is 2.02. The fourth-order valence-electron chi connectivity index (χ4n) is 0.633. The number of hydrogen-bond acceptors (Lipinski definition) is 2. The average Bonchev–Trinajstić information content (AvgIpc) is 1.97. The predicted octanol–water partition coefficient (Wildman–Crippen LogP) is 2.06. The van der Waals surface area contributed by atoms with Gasteiger partial charge in [-0.1, -0.05) is 42.4 Å². The summed E-state index contributed by atoms with van der Waals surface area (Å²) < 4.78 is 4.94. The van der Waals surface area contributed by atoms with Crippen LogP contribution >= 0.6 is 22.6 Å². The van der Waals surface area contributed by atoms with Gasteiger partial charge in [-0.3, -0.25) is 0 Å². The molecule has 0 N–H and O–H groups in total. The molecular weight excluding hydrogens is 243 g/mol. The third-order valence-corrected chi connectivity index (χ3v) is 2.18. The van der Waals surface area contributed by atoms with E-state index in [4.69, 9.17) is 0 Å². The van der Waals surface area contributed by atoms with Crippen molar-refractivity contribution >= 4 is 29.1 Å². The maximum absolute atomic E-state index is 9.63. The Morgan fingerprint density at radius 3 is 2.90 bits per heavy atom. The van der Waals surface area contributed by atoms with Crippen molar-refractivity contribution in [1.29, 1.82) is 0 Å². The van der Waals surface area contributed by atoms with Gasteiger partial charge in [0.2, 0.25) is 0 Å². The van der Waals surface area contributed by atoms with Crippen molar-refractivity contribution in [3.63, 3.8) is 0 Å². The highest BCUT2D eigenvalue weighted by molar-refractivity contribution is 14.1. The highest BCUT2D eigenvalue weighted by atomic mass is 127. The monoisotopic (exact) mass is 255 g/mol. The van der Waals surface area contributed by atoms with Crippen molar-refractivity contribution in [2.24, 2.45) is 0 Å². The normalized spacial score (nSPS) is 12.6. The van der Waals surface area contributed by atoms with Gasteiger partial charge in [0.25, 0.3) is 0 Å². The summed E-state index contributed by atoms with van der Waals surface area (Å²) in [5.74, 6) is 0. The second-order valence-electron chi connectivity index (χ2n) is 2.13. The van der Waals surface area contributed by atoms with E-state index in [9.17, 15) is 4.79 Å². The molecule has 0 aromatic carbocycles. The van der Waals surface area contributed by atoms with E-state index in [0.29, 0.717) is 10.5 Å². The van der Waals surface area contributed by atoms with Crippen LogP contribution in [0.25, 0.3) is 0 Å². The zero-order valence-electron chi connectivity index (χ0n) is 6.10. The van der Waals surface area contributed by atoms with Gasteiger partial charge in [0.1, 0.15) is 6.61 Å². The Bertz CT molecular complexity index is 85.7. The lowest BCUT2D eigenvalue weighted by molar-refractivity contribution is 0.277. The van der Waals surface area contributed by atoms with E-state index < -0.39 is 0 Å². The van der Waals surface area contributed by atoms with Gasteiger partial charge in [-0.2, -0.15) is 0 Å². The molecule has 3 heteroatoms. The Morgan fingerprint density at radius 2 is 2.40 bits per heavy atom. The zero-order chi connectivity index (χ0) is 7.82. The first-order chi connectivity index (χ1) is 4.81. The van der Waals surface area contributed by atoms with Crippen LogP contribution in [-0.4, -0.2) is 17.0 Å². The molecule has 0 aromatic rings. The van der Waals surface area contributed by atoms with E-state index in [2.05, 4.69) is 34.3 Å². The van der Waals surface area contributed by atoms with Gasteiger partial charge in [-0.25, -0.2) is 4.79 Å². The SMILES string of the molecule is CCCCC(I)CO[C]=O. The zero-order valence-corrected chi connectivity index (χ0v) is 8.26. The topological polar surface area (TPSA) is 26.3 Å². The number of unbranched alkanes of at least 4 members (excludes halogenated alkanes) is 1. The molecule has 0 bridgehead atoms. The number of rotatable bonds is 6. The van der Waals surface area contributed by atoms with Crippen LogP contribution in [0.5, 0.6) is 0 Å². The highest BCUT2D eigenvalue weighted by Crippen LogP contribution is 2.09. The molecule has 0 saturated heterocycles. The molecule has 0 aliphatic rings. The quantitative estimate of drug-likeness (QED) is 0.536. The molecule has 0 aromatic heterocycles. The molecule has 0 aliphatic heterocycles. The molecule has 0 rings (SSSR count). The summed E-state index contributed by atoms with van der Waals surface area (Å²) in [6, 6.07) is 0. The molecule has 59 valence electrons. The van der Waals surface area contributed by atoms with Crippen LogP contribution in [0.4, 0.5) is 0 Å². The second-order valence-corrected chi connectivity index (χ2v) is 3.90. The Kier molecular flexibility index (Phi) is 7.45. The molecule has 1 atom stereocenters. The summed E-state index contributed by atoms with van der Waals surface area (Å²) in [7, 11) is 0. The fourth-order valence-corrected chi connectivity index (χ4v) is 1.25. The van der Waals surface area contributed by atoms with Crippen LogP contribution in [0.3, 0.4) is 0 Å². The minimum absolute atomic E-state index is 0.457. The Balaban J connectivity index is 3.07. The number of halogens is 1. The summed E-state index contributed by atoms with van der Waals surface area (Å²) in [6.07, 6.45) is 3.53. The Labute approximate surface area is 75.5 Å². The summed E-state index contributed by atoms with van der Waals surface area (Å²) >= 11 is 2.28. The maximum Gasteiger partial charge on any atom is 0.417 e. The molecule has 0 amide bonds. The molecule has 0 heterocycles. The van der Waals surface area contributed by atoms with Crippen LogP contribution in [0.1, 0.15) is 26.2 Å². The van der Waals surface area contributed by atoms with E-state index in [1.165, 1.54) is 19.3 Å². The van der Waals surface area contributed by atoms with Gasteiger partial charge >= 0.3 is 6.47 Å². The van der Waals surface area contributed by atoms with Crippen molar-refractivity contribution in [3.8, 4) is 0 Å². The molecule has 0 saturated carbocycles. The third kappa shape index (κ3) is 6.32. The van der Waals surface area contributed by atoms with Gasteiger partial charge in [0.15, 0.2) is 0 Å². The molecule has 1 unspecified atom stereocenters. The molecule has 1 radical (unpaired) electrons. The number of ether oxygens (including phenoxy) is 1. The van der Waals surface area contributed by atoms with Crippen LogP contribution in [0.15, 0.2) is 0 Å². The third-order valence-electron chi connectivity index (χ3n) is 1.19.